The molecule has 0 saturated carbocycles. The van der Waals surface area contributed by atoms with Crippen LogP contribution >= 0.6 is 0 Å². The number of hydrogen-bond donors (Lipinski definition) is 4. The minimum absolute atomic E-state index is 0.163. The lowest BCUT2D eigenvalue weighted by Crippen LogP contribution is -2.40. The van der Waals surface area contributed by atoms with Gasteiger partial charge in [0.25, 0.3) is 0 Å². The highest BCUT2D eigenvalue weighted by Crippen LogP contribution is 2.32. The summed E-state index contributed by atoms with van der Waals surface area (Å²) in [5.41, 5.74) is 9.52. The highest BCUT2D eigenvalue weighted by Gasteiger charge is 2.25. The summed E-state index contributed by atoms with van der Waals surface area (Å²) in [7, 11) is 0. The molecular weight excluding hydrogens is 411 g/mol. The molecule has 5 N–H and O–H groups in total. The minimum Gasteiger partial charge on any atom is -0.366 e. The molecule has 2 aromatic carbocycles. The van der Waals surface area contributed by atoms with Crippen LogP contribution in [0, 0.1) is 5.82 Å². The number of aromatic nitrogens is 1. The van der Waals surface area contributed by atoms with Crippen molar-refractivity contribution in [1.29, 1.82) is 0 Å². The van der Waals surface area contributed by atoms with E-state index in [0.29, 0.717) is 36.2 Å². The average molecular weight is 434 g/mol. The van der Waals surface area contributed by atoms with Crippen LogP contribution in [0.25, 0.3) is 22.5 Å². The van der Waals surface area contributed by atoms with Gasteiger partial charge in [0.05, 0.1) is 0 Å². The van der Waals surface area contributed by atoms with E-state index in [1.165, 1.54) is 12.1 Å². The highest BCUT2D eigenvalue weighted by atomic mass is 19.1. The molecular formula is C24H23FN4O3. The van der Waals surface area contributed by atoms with Gasteiger partial charge in [0.1, 0.15) is 11.9 Å². The third kappa shape index (κ3) is 4.54. The molecule has 7 nitrogen and oxygen atoms in total. The van der Waals surface area contributed by atoms with Crippen LogP contribution in [-0.4, -0.2) is 35.3 Å². The topological polar surface area (TPSA) is 117 Å². The molecule has 8 heteroatoms. The molecule has 0 radical (unpaired) electrons. The SMILES string of the molecule is NC(=O)c1ccccc1-c1[nH]c(-c2ccc(F)cc2)cc1CCC(=O)NC1CCNC1=O. The molecule has 0 bridgehead atoms. The summed E-state index contributed by atoms with van der Waals surface area (Å²) in [5, 5.41) is 5.45. The van der Waals surface area contributed by atoms with Gasteiger partial charge in [-0.25, -0.2) is 4.39 Å². The van der Waals surface area contributed by atoms with Gasteiger partial charge in [-0.05, 0) is 60.4 Å². The van der Waals surface area contributed by atoms with Crippen molar-refractivity contribution in [3.05, 3.63) is 71.5 Å². The normalized spacial score (nSPS) is 15.4. The number of benzene rings is 2. The molecule has 1 aliphatic heterocycles. The Morgan fingerprint density at radius 1 is 1.12 bits per heavy atom. The van der Waals surface area contributed by atoms with Gasteiger partial charge >= 0.3 is 0 Å². The lowest BCUT2D eigenvalue weighted by Gasteiger charge is -2.11. The number of aromatic amines is 1. The largest absolute Gasteiger partial charge is 0.366 e. The average Bonchev–Trinajstić information content (AvgIpc) is 3.39. The lowest BCUT2D eigenvalue weighted by atomic mass is 9.99. The summed E-state index contributed by atoms with van der Waals surface area (Å²) >= 11 is 0. The number of aryl methyl sites for hydroxylation is 1. The molecule has 1 unspecified atom stereocenters. The maximum atomic E-state index is 13.4. The second-order valence-corrected chi connectivity index (χ2v) is 7.70. The maximum Gasteiger partial charge on any atom is 0.249 e. The van der Waals surface area contributed by atoms with Crippen molar-refractivity contribution in [2.45, 2.75) is 25.3 Å². The zero-order valence-electron chi connectivity index (χ0n) is 17.3. The second kappa shape index (κ2) is 9.05. The lowest BCUT2D eigenvalue weighted by molar-refractivity contribution is -0.127. The van der Waals surface area contributed by atoms with Crippen LogP contribution in [0.5, 0.6) is 0 Å². The number of hydrogen-bond acceptors (Lipinski definition) is 3. The standard InChI is InChI=1S/C24H23FN4O3/c25-16-8-5-14(6-9-16)20-13-15(7-10-21(30)28-19-11-12-27-24(19)32)22(29-20)17-3-1-2-4-18(17)23(26)31/h1-6,8-9,13,19,29H,7,10-12H2,(H2,26,31)(H,27,32)(H,28,30). The molecule has 32 heavy (non-hydrogen) atoms. The Kier molecular flexibility index (Phi) is 6.02. The Hall–Kier alpha value is -3.94. The number of carbonyl (C=O) groups excluding carboxylic acids is 3. The van der Waals surface area contributed by atoms with Crippen LogP contribution < -0.4 is 16.4 Å². The van der Waals surface area contributed by atoms with E-state index >= 15 is 0 Å². The molecule has 3 amide bonds. The molecule has 1 aliphatic rings. The van der Waals surface area contributed by atoms with Gasteiger partial charge < -0.3 is 21.4 Å². The fourth-order valence-corrected chi connectivity index (χ4v) is 3.88. The number of carbonyl (C=O) groups is 3. The number of nitrogens with one attached hydrogen (secondary N) is 3. The predicted molar refractivity (Wildman–Crippen MR) is 118 cm³/mol. The fourth-order valence-electron chi connectivity index (χ4n) is 3.88. The second-order valence-electron chi connectivity index (χ2n) is 7.70. The number of H-pyrrole nitrogens is 1. The number of nitrogens with two attached hydrogens (primary N) is 1. The Balaban J connectivity index is 1.64. The summed E-state index contributed by atoms with van der Waals surface area (Å²) in [4.78, 5) is 39.4. The molecule has 1 fully saturated rings. The molecule has 3 aromatic rings. The van der Waals surface area contributed by atoms with Crippen LogP contribution in [-0.2, 0) is 16.0 Å². The van der Waals surface area contributed by atoms with Crippen LogP contribution in [0.1, 0.15) is 28.8 Å². The third-order valence-corrected chi connectivity index (χ3v) is 5.52. The Morgan fingerprint density at radius 2 is 1.88 bits per heavy atom. The number of primary amides is 1. The van der Waals surface area contributed by atoms with Crippen molar-refractivity contribution in [2.24, 2.45) is 5.73 Å². The molecule has 4 rings (SSSR count). The van der Waals surface area contributed by atoms with Crippen molar-refractivity contribution in [1.82, 2.24) is 15.6 Å². The van der Waals surface area contributed by atoms with E-state index in [0.717, 1.165) is 16.8 Å². The Bertz CT molecular complexity index is 1170. The van der Waals surface area contributed by atoms with Gasteiger partial charge in [0.2, 0.25) is 17.7 Å². The summed E-state index contributed by atoms with van der Waals surface area (Å²) < 4.78 is 13.4. The van der Waals surface area contributed by atoms with E-state index < -0.39 is 11.9 Å². The fraction of sp³-hybridized carbons (Fsp3) is 0.208. The zero-order chi connectivity index (χ0) is 22.7. The molecule has 0 spiro atoms. The van der Waals surface area contributed by atoms with Crippen molar-refractivity contribution in [3.63, 3.8) is 0 Å². The monoisotopic (exact) mass is 434 g/mol. The van der Waals surface area contributed by atoms with Crippen LogP contribution in [0.4, 0.5) is 4.39 Å². The number of halogens is 1. The summed E-state index contributed by atoms with van der Waals surface area (Å²) in [6, 6.07) is 14.4. The number of amides is 3. The van der Waals surface area contributed by atoms with E-state index in [1.807, 2.05) is 6.07 Å². The first-order chi connectivity index (χ1) is 15.4. The van der Waals surface area contributed by atoms with Gasteiger partial charge in [-0.15, -0.1) is 0 Å². The first-order valence-electron chi connectivity index (χ1n) is 10.4. The van der Waals surface area contributed by atoms with Gasteiger partial charge in [-0.3, -0.25) is 14.4 Å². The molecule has 1 aromatic heterocycles. The molecule has 1 saturated heterocycles. The zero-order valence-corrected chi connectivity index (χ0v) is 17.3. The van der Waals surface area contributed by atoms with Crippen LogP contribution in [0.15, 0.2) is 54.6 Å². The van der Waals surface area contributed by atoms with E-state index in [9.17, 15) is 18.8 Å². The van der Waals surface area contributed by atoms with Gasteiger partial charge in [0.15, 0.2) is 0 Å². The van der Waals surface area contributed by atoms with Crippen LogP contribution in [0.2, 0.25) is 0 Å². The molecule has 0 aliphatic carbocycles. The van der Waals surface area contributed by atoms with Crippen LogP contribution in [0.3, 0.4) is 0 Å². The summed E-state index contributed by atoms with van der Waals surface area (Å²) in [6.45, 7) is 0.552. The molecule has 164 valence electrons. The third-order valence-electron chi connectivity index (χ3n) is 5.52. The minimum atomic E-state index is -0.561. The van der Waals surface area contributed by atoms with Gasteiger partial charge in [0, 0.05) is 35.5 Å². The van der Waals surface area contributed by atoms with Crippen molar-refractivity contribution in [3.8, 4) is 22.5 Å². The van der Waals surface area contributed by atoms with Gasteiger partial charge in [-0.1, -0.05) is 18.2 Å². The number of rotatable bonds is 7. The predicted octanol–water partition coefficient (Wildman–Crippen LogP) is 2.52. The molecule has 2 heterocycles. The quantitative estimate of drug-likeness (QED) is 0.458. The van der Waals surface area contributed by atoms with Gasteiger partial charge in [-0.2, -0.15) is 0 Å². The maximum absolute atomic E-state index is 13.4. The van der Waals surface area contributed by atoms with Crippen molar-refractivity contribution >= 4 is 17.7 Å². The summed E-state index contributed by atoms with van der Waals surface area (Å²) in [5.74, 6) is -1.30. The first-order valence-corrected chi connectivity index (χ1v) is 10.4. The van der Waals surface area contributed by atoms with E-state index in [2.05, 4.69) is 15.6 Å². The first kappa shape index (κ1) is 21.3. The van der Waals surface area contributed by atoms with Crippen molar-refractivity contribution < 1.29 is 18.8 Å². The Morgan fingerprint density at radius 3 is 2.56 bits per heavy atom. The van der Waals surface area contributed by atoms with E-state index in [-0.39, 0.29) is 24.1 Å². The Labute approximate surface area is 184 Å². The van der Waals surface area contributed by atoms with Crippen molar-refractivity contribution in [2.75, 3.05) is 6.54 Å². The highest BCUT2D eigenvalue weighted by molar-refractivity contribution is 6.00. The van der Waals surface area contributed by atoms with E-state index in [4.69, 9.17) is 5.73 Å². The smallest absolute Gasteiger partial charge is 0.249 e. The molecule has 1 atom stereocenters. The van der Waals surface area contributed by atoms with E-state index in [1.54, 1.807) is 36.4 Å². The summed E-state index contributed by atoms with van der Waals surface area (Å²) in [6.07, 6.45) is 1.11.